The number of carbonyl (C=O) groups excluding carboxylic acids is 1. The van der Waals surface area contributed by atoms with E-state index < -0.39 is 6.03 Å². The van der Waals surface area contributed by atoms with Crippen molar-refractivity contribution >= 4 is 18.7 Å². The van der Waals surface area contributed by atoms with Crippen LogP contribution in [0.15, 0.2) is 30.3 Å². The minimum Gasteiger partial charge on any atom is -0.351 e. The van der Waals surface area contributed by atoms with E-state index in [4.69, 9.17) is 5.73 Å². The zero-order valence-corrected chi connectivity index (χ0v) is 8.78. The SMILES string of the molecule is NC(=O)N(CS)CCc1ccccc1. The number of carbonyl (C=O) groups is 1. The Morgan fingerprint density at radius 1 is 1.36 bits per heavy atom. The molecule has 0 aliphatic carbocycles. The maximum atomic E-state index is 10.9. The molecule has 2 N–H and O–H groups in total. The highest BCUT2D eigenvalue weighted by atomic mass is 32.1. The highest BCUT2D eigenvalue weighted by Crippen LogP contribution is 2.01. The van der Waals surface area contributed by atoms with E-state index in [0.717, 1.165) is 6.42 Å². The van der Waals surface area contributed by atoms with Gasteiger partial charge in [0.15, 0.2) is 0 Å². The third-order valence-corrected chi connectivity index (χ3v) is 2.34. The molecular formula is C10H14N2OS. The molecule has 0 radical (unpaired) electrons. The minimum absolute atomic E-state index is 0.363. The average molecular weight is 210 g/mol. The summed E-state index contributed by atoms with van der Waals surface area (Å²) in [5, 5.41) is 0. The quantitative estimate of drug-likeness (QED) is 0.574. The van der Waals surface area contributed by atoms with Crippen molar-refractivity contribution in [3.8, 4) is 0 Å². The van der Waals surface area contributed by atoms with E-state index in [1.54, 1.807) is 0 Å². The summed E-state index contributed by atoms with van der Waals surface area (Å²) in [5.74, 6) is 0.363. The van der Waals surface area contributed by atoms with Crippen LogP contribution in [0.3, 0.4) is 0 Å². The second-order valence-corrected chi connectivity index (χ2v) is 3.26. The lowest BCUT2D eigenvalue weighted by Crippen LogP contribution is -2.36. The standard InChI is InChI=1S/C10H14N2OS/c11-10(13)12(8-14)7-6-9-4-2-1-3-5-9/h1-5,14H,6-8H2,(H2,11,13). The van der Waals surface area contributed by atoms with Crippen molar-refractivity contribution in [1.82, 2.24) is 4.90 Å². The molecule has 0 unspecified atom stereocenters. The van der Waals surface area contributed by atoms with Gasteiger partial charge in [0, 0.05) is 6.54 Å². The second-order valence-electron chi connectivity index (χ2n) is 2.98. The summed E-state index contributed by atoms with van der Waals surface area (Å²) in [6.45, 7) is 0.614. The molecular weight excluding hydrogens is 196 g/mol. The molecule has 0 aliphatic heterocycles. The molecule has 0 heterocycles. The number of benzene rings is 1. The third kappa shape index (κ3) is 3.30. The molecule has 0 saturated carbocycles. The first-order valence-corrected chi connectivity index (χ1v) is 5.06. The molecule has 2 amide bonds. The molecule has 0 fully saturated rings. The minimum atomic E-state index is -0.420. The van der Waals surface area contributed by atoms with Gasteiger partial charge in [-0.2, -0.15) is 12.6 Å². The number of urea groups is 1. The molecule has 0 saturated heterocycles. The Kier molecular flexibility index (Phi) is 4.32. The van der Waals surface area contributed by atoms with Gasteiger partial charge in [0.1, 0.15) is 0 Å². The van der Waals surface area contributed by atoms with Gasteiger partial charge in [-0.1, -0.05) is 30.3 Å². The molecule has 1 rings (SSSR count). The predicted molar refractivity (Wildman–Crippen MR) is 60.3 cm³/mol. The summed E-state index contributed by atoms with van der Waals surface area (Å²) in [6, 6.07) is 9.55. The smallest absolute Gasteiger partial charge is 0.315 e. The number of hydrogen-bond acceptors (Lipinski definition) is 2. The number of primary amides is 1. The topological polar surface area (TPSA) is 46.3 Å². The van der Waals surface area contributed by atoms with Crippen molar-refractivity contribution in [2.24, 2.45) is 5.73 Å². The van der Waals surface area contributed by atoms with Crippen molar-refractivity contribution in [3.63, 3.8) is 0 Å². The second kappa shape index (κ2) is 5.54. The van der Waals surface area contributed by atoms with Crippen LogP contribution >= 0.6 is 12.6 Å². The van der Waals surface area contributed by atoms with Gasteiger partial charge in [0.05, 0.1) is 5.88 Å². The van der Waals surface area contributed by atoms with Crippen LogP contribution in [0, 0.1) is 0 Å². The zero-order valence-electron chi connectivity index (χ0n) is 7.89. The van der Waals surface area contributed by atoms with Gasteiger partial charge in [-0.05, 0) is 12.0 Å². The van der Waals surface area contributed by atoms with Crippen LogP contribution in [0.1, 0.15) is 5.56 Å². The first-order chi connectivity index (χ1) is 6.74. The van der Waals surface area contributed by atoms with Crippen LogP contribution in [0.2, 0.25) is 0 Å². The van der Waals surface area contributed by atoms with Crippen molar-refractivity contribution in [1.29, 1.82) is 0 Å². The van der Waals surface area contributed by atoms with Gasteiger partial charge < -0.3 is 10.6 Å². The first kappa shape index (κ1) is 10.9. The van der Waals surface area contributed by atoms with Crippen molar-refractivity contribution < 1.29 is 4.79 Å². The number of thiol groups is 1. The lowest BCUT2D eigenvalue weighted by Gasteiger charge is -2.17. The largest absolute Gasteiger partial charge is 0.351 e. The Balaban J connectivity index is 2.44. The van der Waals surface area contributed by atoms with E-state index in [0.29, 0.717) is 12.4 Å². The third-order valence-electron chi connectivity index (χ3n) is 2.00. The number of nitrogens with two attached hydrogens (primary N) is 1. The van der Waals surface area contributed by atoms with Gasteiger partial charge >= 0.3 is 6.03 Å². The molecule has 14 heavy (non-hydrogen) atoms. The maximum absolute atomic E-state index is 10.9. The highest BCUT2D eigenvalue weighted by molar-refractivity contribution is 7.80. The molecule has 1 aromatic carbocycles. The van der Waals surface area contributed by atoms with Crippen LogP contribution in [0.5, 0.6) is 0 Å². The van der Waals surface area contributed by atoms with Crippen LogP contribution in [-0.2, 0) is 6.42 Å². The lowest BCUT2D eigenvalue weighted by molar-refractivity contribution is 0.217. The maximum Gasteiger partial charge on any atom is 0.315 e. The van der Waals surface area contributed by atoms with E-state index in [9.17, 15) is 4.79 Å². The van der Waals surface area contributed by atoms with Gasteiger partial charge in [-0.25, -0.2) is 4.79 Å². The van der Waals surface area contributed by atoms with Crippen LogP contribution in [-0.4, -0.2) is 23.4 Å². The predicted octanol–water partition coefficient (Wildman–Crippen LogP) is 1.50. The molecule has 0 bridgehead atoms. The number of nitrogens with zero attached hydrogens (tertiary/aromatic N) is 1. The van der Waals surface area contributed by atoms with Crippen molar-refractivity contribution in [2.45, 2.75) is 6.42 Å². The van der Waals surface area contributed by atoms with Crippen LogP contribution in [0.25, 0.3) is 0 Å². The molecule has 1 aromatic rings. The van der Waals surface area contributed by atoms with Gasteiger partial charge in [-0.3, -0.25) is 0 Å². The van der Waals surface area contributed by atoms with Gasteiger partial charge in [0.2, 0.25) is 0 Å². The van der Waals surface area contributed by atoms with Gasteiger partial charge in [-0.15, -0.1) is 0 Å². The fourth-order valence-electron chi connectivity index (χ4n) is 1.16. The average Bonchev–Trinajstić information content (AvgIpc) is 2.20. The first-order valence-electron chi connectivity index (χ1n) is 4.43. The van der Waals surface area contributed by atoms with Crippen LogP contribution < -0.4 is 5.73 Å². The number of hydrogen-bond donors (Lipinski definition) is 2. The van der Waals surface area contributed by atoms with Gasteiger partial charge in [0.25, 0.3) is 0 Å². The fraction of sp³-hybridized carbons (Fsp3) is 0.300. The monoisotopic (exact) mass is 210 g/mol. The fourth-order valence-corrected chi connectivity index (χ4v) is 1.44. The highest BCUT2D eigenvalue weighted by Gasteiger charge is 2.06. The summed E-state index contributed by atoms with van der Waals surface area (Å²) < 4.78 is 0. The van der Waals surface area contributed by atoms with E-state index >= 15 is 0 Å². The Hall–Kier alpha value is -1.16. The number of amides is 2. The molecule has 0 aliphatic rings. The van der Waals surface area contributed by atoms with E-state index in [2.05, 4.69) is 12.6 Å². The lowest BCUT2D eigenvalue weighted by atomic mass is 10.1. The molecule has 0 atom stereocenters. The normalized spacial score (nSPS) is 9.79. The Morgan fingerprint density at radius 2 is 2.00 bits per heavy atom. The van der Waals surface area contributed by atoms with Crippen LogP contribution in [0.4, 0.5) is 4.79 Å². The Labute approximate surface area is 89.3 Å². The van der Waals surface area contributed by atoms with E-state index in [-0.39, 0.29) is 0 Å². The molecule has 3 nitrogen and oxygen atoms in total. The molecule has 0 spiro atoms. The van der Waals surface area contributed by atoms with E-state index in [1.165, 1.54) is 10.5 Å². The molecule has 4 heteroatoms. The molecule has 76 valence electrons. The Morgan fingerprint density at radius 3 is 2.50 bits per heavy atom. The van der Waals surface area contributed by atoms with Crippen molar-refractivity contribution in [3.05, 3.63) is 35.9 Å². The number of rotatable bonds is 4. The summed E-state index contributed by atoms with van der Waals surface area (Å²) in [7, 11) is 0. The summed E-state index contributed by atoms with van der Waals surface area (Å²) in [6.07, 6.45) is 0.810. The summed E-state index contributed by atoms with van der Waals surface area (Å²) in [4.78, 5) is 12.3. The summed E-state index contributed by atoms with van der Waals surface area (Å²) in [5.41, 5.74) is 6.34. The zero-order chi connectivity index (χ0) is 10.4. The molecule has 0 aromatic heterocycles. The Bertz CT molecular complexity index is 289. The summed E-state index contributed by atoms with van der Waals surface area (Å²) >= 11 is 4.03. The van der Waals surface area contributed by atoms with E-state index in [1.807, 2.05) is 30.3 Å². The van der Waals surface area contributed by atoms with Crippen molar-refractivity contribution in [2.75, 3.05) is 12.4 Å².